The number of aromatic nitrogens is 7. The Labute approximate surface area is 249 Å². The molecule has 7 rings (SSSR count). The van der Waals surface area contributed by atoms with Gasteiger partial charge in [0.05, 0.1) is 18.6 Å². The molecule has 0 bridgehead atoms. The molecule has 0 atom stereocenters. The number of hydrogen-bond acceptors (Lipinski definition) is 9. The molecule has 1 aliphatic heterocycles. The minimum absolute atomic E-state index is 0.0166. The molecular formula is C30H34N10O2S. The van der Waals surface area contributed by atoms with Gasteiger partial charge in [0.25, 0.3) is 0 Å². The van der Waals surface area contributed by atoms with Gasteiger partial charge in [-0.2, -0.15) is 22.7 Å². The highest BCUT2D eigenvalue weighted by Gasteiger charge is 2.27. The predicted octanol–water partition coefficient (Wildman–Crippen LogP) is 3.70. The molecule has 0 radical (unpaired) electrons. The third-order valence-electron chi connectivity index (χ3n) is 8.72. The van der Waals surface area contributed by atoms with Crippen LogP contribution >= 0.6 is 0 Å². The Morgan fingerprint density at radius 2 is 1.79 bits per heavy atom. The molecule has 0 spiro atoms. The average molecular weight is 599 g/mol. The van der Waals surface area contributed by atoms with Gasteiger partial charge >= 0.3 is 10.0 Å². The summed E-state index contributed by atoms with van der Waals surface area (Å²) in [6.45, 7) is 2.18. The molecule has 0 aromatic carbocycles. The zero-order valence-electron chi connectivity index (χ0n) is 24.0. The molecule has 43 heavy (non-hydrogen) atoms. The van der Waals surface area contributed by atoms with Crippen LogP contribution in [-0.2, 0) is 17.1 Å². The van der Waals surface area contributed by atoms with Crippen molar-refractivity contribution in [2.45, 2.75) is 55.6 Å². The minimum atomic E-state index is -4.14. The lowest BCUT2D eigenvalue weighted by atomic mass is 10.0. The number of pyridine rings is 2. The number of nitrogens with zero attached hydrogens (tertiary/aromatic N) is 8. The fourth-order valence-electron chi connectivity index (χ4n) is 6.33. The summed E-state index contributed by atoms with van der Waals surface area (Å²) in [5, 5.41) is 20.0. The lowest BCUT2D eigenvalue weighted by Crippen LogP contribution is -2.44. The highest BCUT2D eigenvalue weighted by Crippen LogP contribution is 2.27. The Kier molecular flexibility index (Phi) is 7.06. The summed E-state index contributed by atoms with van der Waals surface area (Å²) in [4.78, 5) is 11.4. The number of allylic oxidation sites excluding steroid dienone is 1. The third-order valence-corrected chi connectivity index (χ3v) is 10.3. The quantitative estimate of drug-likeness (QED) is 0.258. The van der Waals surface area contributed by atoms with E-state index in [1.807, 2.05) is 25.5 Å². The van der Waals surface area contributed by atoms with E-state index in [9.17, 15) is 8.42 Å². The second-order valence-corrected chi connectivity index (χ2v) is 13.1. The van der Waals surface area contributed by atoms with E-state index in [-0.39, 0.29) is 5.03 Å². The van der Waals surface area contributed by atoms with Crippen LogP contribution in [0.4, 0.5) is 0 Å². The zero-order chi connectivity index (χ0) is 29.6. The van der Waals surface area contributed by atoms with Crippen molar-refractivity contribution in [3.8, 4) is 11.1 Å². The number of nitrogens with one attached hydrogen (secondary N) is 2. The number of aryl methyl sites for hydroxylation is 1. The van der Waals surface area contributed by atoms with Crippen LogP contribution in [-0.4, -0.2) is 78.0 Å². The number of rotatable bonds is 8. The smallest absolute Gasteiger partial charge is 0.301 e. The number of likely N-dealkylation sites (tertiary alicyclic amines) is 1. The van der Waals surface area contributed by atoms with Crippen molar-refractivity contribution in [1.82, 2.24) is 43.6 Å². The molecule has 12 nitrogen and oxygen atoms in total. The molecule has 1 aliphatic carbocycles. The molecule has 0 amide bonds. The highest BCUT2D eigenvalue weighted by atomic mass is 32.2. The van der Waals surface area contributed by atoms with Crippen molar-refractivity contribution in [1.29, 1.82) is 5.41 Å². The summed E-state index contributed by atoms with van der Waals surface area (Å²) in [5.41, 5.74) is 4.18. The van der Waals surface area contributed by atoms with E-state index >= 15 is 0 Å². The fourth-order valence-corrected chi connectivity index (χ4v) is 7.66. The highest BCUT2D eigenvalue weighted by molar-refractivity contribution is 7.90. The second kappa shape index (κ2) is 11.0. The predicted molar refractivity (Wildman–Crippen MR) is 164 cm³/mol. The molecule has 1 saturated heterocycles. The van der Waals surface area contributed by atoms with Gasteiger partial charge in [0.2, 0.25) is 0 Å². The van der Waals surface area contributed by atoms with Crippen molar-refractivity contribution in [2.75, 3.05) is 13.1 Å². The lowest BCUT2D eigenvalue weighted by molar-refractivity contribution is 0.149. The molecule has 222 valence electrons. The molecule has 2 fully saturated rings. The Morgan fingerprint density at radius 1 is 0.977 bits per heavy atom. The fraction of sp³-hybridized carbons (Fsp3) is 0.367. The van der Waals surface area contributed by atoms with E-state index in [1.165, 1.54) is 44.3 Å². The van der Waals surface area contributed by atoms with E-state index in [4.69, 9.17) is 5.41 Å². The van der Waals surface area contributed by atoms with Crippen molar-refractivity contribution >= 4 is 38.5 Å². The molecule has 2 N–H and O–H groups in total. The van der Waals surface area contributed by atoms with Gasteiger partial charge in [-0.05, 0) is 43.9 Å². The van der Waals surface area contributed by atoms with E-state index in [0.29, 0.717) is 33.9 Å². The Bertz CT molecular complexity index is 1940. The van der Waals surface area contributed by atoms with Crippen LogP contribution < -0.4 is 5.32 Å². The van der Waals surface area contributed by atoms with Crippen LogP contribution in [0.3, 0.4) is 0 Å². The molecule has 5 aromatic rings. The maximum absolute atomic E-state index is 14.0. The first kappa shape index (κ1) is 27.5. The number of fused-ring (bicyclic) bond motifs is 2. The Hall–Kier alpha value is -4.36. The molecular weight excluding hydrogens is 564 g/mol. The summed E-state index contributed by atoms with van der Waals surface area (Å²) in [6, 6.07) is 6.46. The van der Waals surface area contributed by atoms with Crippen molar-refractivity contribution in [3.63, 3.8) is 0 Å². The van der Waals surface area contributed by atoms with Gasteiger partial charge in [0, 0.05) is 85.5 Å². The lowest BCUT2D eigenvalue weighted by Gasteiger charge is -2.36. The van der Waals surface area contributed by atoms with E-state index in [2.05, 4.69) is 30.4 Å². The Morgan fingerprint density at radius 3 is 2.53 bits per heavy atom. The maximum atomic E-state index is 14.0. The monoisotopic (exact) mass is 598 g/mol. The topological polar surface area (TPSA) is 139 Å². The number of piperidine rings is 1. The molecule has 6 heterocycles. The first-order valence-corrected chi connectivity index (χ1v) is 16.1. The summed E-state index contributed by atoms with van der Waals surface area (Å²) in [5.74, 6) is 0. The van der Waals surface area contributed by atoms with Gasteiger partial charge in [-0.1, -0.05) is 12.8 Å². The largest absolute Gasteiger partial charge is 0.388 e. The Balaban J connectivity index is 1.16. The average Bonchev–Trinajstić information content (AvgIpc) is 3.84. The molecule has 0 unspecified atom stereocenters. The standard InChI is InChI=1S/C30H34N10O2S/c1-37-19-24(16-35-37)21-6-7-29-34-18-30(39(29)20-21)43(41,42)40-28-12-22(14-33-27(28)17-36-40)23(13-31)15-32-25-8-10-38(11-9-25)26-4-2-3-5-26/h6-7,12-20,25-26,31-32H,2-5,8-11H2,1H3/b23-15+,31-13?. The SMILES string of the molecule is Cn1cc(-c2ccc3ncc(S(=O)(=O)n4ncc5ncc(/C(C=N)=C/NC6CCN(C7CCCC7)CC6)cc54)n3c2)cn1. The van der Waals surface area contributed by atoms with Gasteiger partial charge < -0.3 is 15.6 Å². The normalized spacial score (nSPS) is 17.7. The molecule has 13 heteroatoms. The second-order valence-electron chi connectivity index (χ2n) is 11.4. The van der Waals surface area contributed by atoms with E-state index < -0.39 is 10.0 Å². The van der Waals surface area contributed by atoms with Crippen LogP contribution in [0.1, 0.15) is 44.1 Å². The van der Waals surface area contributed by atoms with E-state index in [1.54, 1.807) is 39.8 Å². The van der Waals surface area contributed by atoms with Gasteiger partial charge in [0.1, 0.15) is 16.7 Å². The third kappa shape index (κ3) is 5.12. The maximum Gasteiger partial charge on any atom is 0.301 e. The first-order chi connectivity index (χ1) is 20.9. The first-order valence-electron chi connectivity index (χ1n) is 14.7. The van der Waals surface area contributed by atoms with Crippen LogP contribution in [0, 0.1) is 5.41 Å². The minimum Gasteiger partial charge on any atom is -0.388 e. The van der Waals surface area contributed by atoms with Crippen LogP contribution in [0.25, 0.3) is 33.4 Å². The van der Waals surface area contributed by atoms with Crippen LogP contribution in [0.5, 0.6) is 0 Å². The van der Waals surface area contributed by atoms with Crippen LogP contribution in [0.2, 0.25) is 0 Å². The van der Waals surface area contributed by atoms with Gasteiger partial charge in [-0.3, -0.25) is 14.1 Å². The zero-order valence-corrected chi connectivity index (χ0v) is 24.8. The van der Waals surface area contributed by atoms with Crippen LogP contribution in [0.15, 0.2) is 66.6 Å². The van der Waals surface area contributed by atoms with E-state index in [0.717, 1.165) is 47.2 Å². The summed E-state index contributed by atoms with van der Waals surface area (Å²) in [6.07, 6.45) is 20.3. The van der Waals surface area contributed by atoms with Gasteiger partial charge in [0.15, 0.2) is 5.03 Å². The van der Waals surface area contributed by atoms with Crippen molar-refractivity contribution in [3.05, 3.63) is 67.1 Å². The van der Waals surface area contributed by atoms with Gasteiger partial charge in [-0.25, -0.2) is 4.98 Å². The number of imidazole rings is 1. The summed E-state index contributed by atoms with van der Waals surface area (Å²) < 4.78 is 32.2. The summed E-state index contributed by atoms with van der Waals surface area (Å²) >= 11 is 0. The molecule has 1 saturated carbocycles. The van der Waals surface area contributed by atoms with Gasteiger partial charge in [-0.15, -0.1) is 0 Å². The number of hydrogen-bond donors (Lipinski definition) is 2. The molecule has 5 aromatic heterocycles. The molecule has 2 aliphatic rings. The summed E-state index contributed by atoms with van der Waals surface area (Å²) in [7, 11) is -2.31. The van der Waals surface area contributed by atoms with Crippen molar-refractivity contribution < 1.29 is 8.42 Å². The van der Waals surface area contributed by atoms with Crippen molar-refractivity contribution in [2.24, 2.45) is 7.05 Å².